The molecule has 0 spiro atoms. The van der Waals surface area contributed by atoms with Gasteiger partial charge in [-0.2, -0.15) is 0 Å². The van der Waals surface area contributed by atoms with Crippen LogP contribution in [0.4, 0.5) is 0 Å². The summed E-state index contributed by atoms with van der Waals surface area (Å²) >= 11 is 7.34. The molecule has 0 aliphatic heterocycles. The number of aryl methyl sites for hydroxylation is 1. The number of aromatic nitrogens is 1. The van der Waals surface area contributed by atoms with Gasteiger partial charge in [0.25, 0.3) is 0 Å². The third kappa shape index (κ3) is 3.99. The van der Waals surface area contributed by atoms with Gasteiger partial charge in [-0.15, -0.1) is 11.6 Å². The molecule has 1 aromatic carbocycles. The summed E-state index contributed by atoms with van der Waals surface area (Å²) in [6.45, 7) is 4.19. The Labute approximate surface area is 213 Å². The van der Waals surface area contributed by atoms with Crippen LogP contribution < -0.4 is 5.32 Å². The fourth-order valence-electron chi connectivity index (χ4n) is 7.44. The Hall–Kier alpha value is -1.66. The minimum absolute atomic E-state index is 0.0744. The molecule has 5 nitrogen and oxygen atoms in total. The molecule has 2 saturated carbocycles. The van der Waals surface area contributed by atoms with Crippen molar-refractivity contribution in [3.05, 3.63) is 47.4 Å². The van der Waals surface area contributed by atoms with E-state index in [1.54, 1.807) is 0 Å². The van der Waals surface area contributed by atoms with Gasteiger partial charge < -0.3 is 19.9 Å². The largest absolute Gasteiger partial charge is 0.441 e. The standard InChI is InChI=1S/C27H32ClNO3.C2H7N/c1-16-29-22-7-4-18(14-23(22)32-16)21-6-8-24-25(21,2)11-12-26(28)15-19-13-20(30)5-3-17(19)9-10-27(24,26)31;1-3-2/h4,6-7,14-15,17,20,24,30-31H,3,5,8-13H2,1-2H3;3H,1-2H3/t17?,20?,24?,25?,26?,27-;/m0./s1. The van der Waals surface area contributed by atoms with E-state index in [-0.39, 0.29) is 17.4 Å². The molecule has 0 bridgehead atoms. The third-order valence-corrected chi connectivity index (χ3v) is 9.81. The van der Waals surface area contributed by atoms with Gasteiger partial charge in [-0.3, -0.25) is 0 Å². The van der Waals surface area contributed by atoms with Crippen LogP contribution in [-0.2, 0) is 0 Å². The molecule has 0 amide bonds. The molecular formula is C29H39ClN2O3. The van der Waals surface area contributed by atoms with Gasteiger partial charge in [0.1, 0.15) is 5.52 Å². The van der Waals surface area contributed by atoms with Crippen LogP contribution in [0.15, 0.2) is 40.3 Å². The lowest BCUT2D eigenvalue weighted by atomic mass is 9.54. The number of oxazole rings is 1. The van der Waals surface area contributed by atoms with E-state index in [0.717, 1.165) is 61.6 Å². The maximum Gasteiger partial charge on any atom is 0.192 e. The van der Waals surface area contributed by atoms with Crippen LogP contribution in [0, 0.1) is 24.2 Å². The lowest BCUT2D eigenvalue weighted by Crippen LogP contribution is -2.61. The number of halogens is 1. The summed E-state index contributed by atoms with van der Waals surface area (Å²) in [7, 11) is 3.75. The highest BCUT2D eigenvalue weighted by Crippen LogP contribution is 2.65. The van der Waals surface area contributed by atoms with Crippen molar-refractivity contribution in [2.75, 3.05) is 14.1 Å². The van der Waals surface area contributed by atoms with Crippen LogP contribution in [0.5, 0.6) is 0 Å². The van der Waals surface area contributed by atoms with Crippen molar-refractivity contribution in [2.24, 2.45) is 17.3 Å². The SMILES string of the molecule is CNC.Cc1nc2ccc(C3=CCC4C3(C)CCC3(Cl)C=C5CC(O)CCC5CC[C@]43O)cc2o1. The lowest BCUT2D eigenvalue weighted by molar-refractivity contribution is -0.106. The number of aliphatic hydroxyl groups is 2. The summed E-state index contributed by atoms with van der Waals surface area (Å²) in [5.74, 6) is 1.20. The predicted molar refractivity (Wildman–Crippen MR) is 141 cm³/mol. The highest BCUT2D eigenvalue weighted by molar-refractivity contribution is 6.26. The van der Waals surface area contributed by atoms with Crippen LogP contribution in [0.2, 0.25) is 0 Å². The molecule has 3 N–H and O–H groups in total. The Morgan fingerprint density at radius 2 is 1.91 bits per heavy atom. The molecule has 35 heavy (non-hydrogen) atoms. The first kappa shape index (κ1) is 25.0. The predicted octanol–water partition coefficient (Wildman–Crippen LogP) is 5.77. The van der Waals surface area contributed by atoms with Crippen molar-refractivity contribution >= 4 is 28.3 Å². The van der Waals surface area contributed by atoms with Crippen LogP contribution in [-0.4, -0.2) is 45.9 Å². The minimum Gasteiger partial charge on any atom is -0.441 e. The van der Waals surface area contributed by atoms with Gasteiger partial charge in [0, 0.05) is 12.8 Å². The van der Waals surface area contributed by atoms with Crippen molar-refractivity contribution in [1.29, 1.82) is 0 Å². The van der Waals surface area contributed by atoms with Crippen molar-refractivity contribution < 1.29 is 14.6 Å². The lowest BCUT2D eigenvalue weighted by Gasteiger charge is -2.56. The fourth-order valence-corrected chi connectivity index (χ4v) is 7.90. The zero-order valence-electron chi connectivity index (χ0n) is 21.4. The summed E-state index contributed by atoms with van der Waals surface area (Å²) in [5, 5.41) is 25.3. The number of benzene rings is 1. The molecule has 2 aromatic rings. The van der Waals surface area contributed by atoms with Gasteiger partial charge in [-0.1, -0.05) is 30.7 Å². The number of fused-ring (bicyclic) bond motifs is 5. The van der Waals surface area contributed by atoms with Crippen LogP contribution in [0.3, 0.4) is 0 Å². The molecule has 6 heteroatoms. The summed E-state index contributed by atoms with van der Waals surface area (Å²) in [6, 6.07) is 6.28. The summed E-state index contributed by atoms with van der Waals surface area (Å²) in [5.41, 5.74) is 4.34. The van der Waals surface area contributed by atoms with Gasteiger partial charge in [-0.25, -0.2) is 4.98 Å². The number of nitrogens with zero attached hydrogens (tertiary/aromatic N) is 1. The van der Waals surface area contributed by atoms with Crippen molar-refractivity contribution in [3.8, 4) is 0 Å². The first-order valence-electron chi connectivity index (χ1n) is 13.1. The number of allylic oxidation sites excluding steroid dienone is 2. The Morgan fingerprint density at radius 1 is 1.14 bits per heavy atom. The van der Waals surface area contributed by atoms with E-state index >= 15 is 0 Å². The summed E-state index contributed by atoms with van der Waals surface area (Å²) in [6.07, 6.45) is 11.0. The quantitative estimate of drug-likeness (QED) is 0.344. The Morgan fingerprint density at radius 3 is 2.69 bits per heavy atom. The highest BCUT2D eigenvalue weighted by atomic mass is 35.5. The van der Waals surface area contributed by atoms with E-state index in [0.29, 0.717) is 18.2 Å². The van der Waals surface area contributed by atoms with Gasteiger partial charge in [0.05, 0.1) is 16.6 Å². The topological polar surface area (TPSA) is 78.5 Å². The molecule has 4 aliphatic rings. The molecule has 1 heterocycles. The number of hydrogen-bond acceptors (Lipinski definition) is 5. The molecular weight excluding hydrogens is 460 g/mol. The normalized spacial score (nSPS) is 38.3. The van der Waals surface area contributed by atoms with E-state index in [9.17, 15) is 10.2 Å². The van der Waals surface area contributed by atoms with Gasteiger partial charge in [-0.05, 0) is 100 Å². The third-order valence-electron chi connectivity index (χ3n) is 9.18. The van der Waals surface area contributed by atoms with Crippen molar-refractivity contribution in [1.82, 2.24) is 10.3 Å². The Bertz CT molecular complexity index is 1170. The van der Waals surface area contributed by atoms with Crippen LogP contribution in [0.1, 0.15) is 69.7 Å². The maximum absolute atomic E-state index is 12.3. The molecule has 190 valence electrons. The number of rotatable bonds is 1. The van der Waals surface area contributed by atoms with Crippen LogP contribution in [0.25, 0.3) is 16.7 Å². The van der Waals surface area contributed by atoms with Gasteiger partial charge in [0.2, 0.25) is 0 Å². The average Bonchev–Trinajstić information content (AvgIpc) is 3.32. The Kier molecular flexibility index (Phi) is 6.45. The molecule has 6 rings (SSSR count). The van der Waals surface area contributed by atoms with Crippen LogP contribution >= 0.6 is 11.6 Å². The second-order valence-electron chi connectivity index (χ2n) is 11.4. The number of hydrogen-bond donors (Lipinski definition) is 3. The van der Waals surface area contributed by atoms with E-state index in [2.05, 4.69) is 41.5 Å². The molecule has 0 saturated heterocycles. The molecule has 6 atom stereocenters. The highest BCUT2D eigenvalue weighted by Gasteiger charge is 2.64. The van der Waals surface area contributed by atoms with E-state index in [1.807, 2.05) is 27.1 Å². The zero-order valence-corrected chi connectivity index (χ0v) is 22.2. The maximum atomic E-state index is 12.3. The van der Waals surface area contributed by atoms with E-state index < -0.39 is 10.5 Å². The number of alkyl halides is 1. The molecule has 5 unspecified atom stereocenters. The average molecular weight is 499 g/mol. The van der Waals surface area contributed by atoms with E-state index in [1.165, 1.54) is 11.1 Å². The first-order chi connectivity index (χ1) is 16.6. The minimum atomic E-state index is -0.956. The zero-order chi connectivity index (χ0) is 25.0. The second-order valence-corrected chi connectivity index (χ2v) is 12.1. The van der Waals surface area contributed by atoms with Crippen molar-refractivity contribution in [2.45, 2.75) is 81.8 Å². The first-order valence-corrected chi connectivity index (χ1v) is 13.5. The smallest absolute Gasteiger partial charge is 0.192 e. The summed E-state index contributed by atoms with van der Waals surface area (Å²) < 4.78 is 5.80. The second kappa shape index (κ2) is 9.02. The van der Waals surface area contributed by atoms with Gasteiger partial charge in [0.15, 0.2) is 11.5 Å². The monoisotopic (exact) mass is 498 g/mol. The molecule has 2 fully saturated rings. The van der Waals surface area contributed by atoms with Crippen molar-refractivity contribution in [3.63, 3.8) is 0 Å². The van der Waals surface area contributed by atoms with Gasteiger partial charge >= 0.3 is 0 Å². The molecule has 4 aliphatic carbocycles. The number of nitrogens with one attached hydrogen (secondary N) is 1. The van der Waals surface area contributed by atoms with E-state index in [4.69, 9.17) is 16.0 Å². The Balaban J connectivity index is 0.000000806. The summed E-state index contributed by atoms with van der Waals surface area (Å²) in [4.78, 5) is 3.68. The fraction of sp³-hybridized carbons (Fsp3) is 0.621. The molecule has 0 radical (unpaired) electrons. The molecule has 1 aromatic heterocycles. The number of aliphatic hydroxyl groups excluding tert-OH is 1.